The topological polar surface area (TPSA) is 40.6 Å². The number of hydrogen-bond acceptors (Lipinski definition) is 4. The quantitative estimate of drug-likeness (QED) is 0.794. The number of hydrogen-bond donors (Lipinski definition) is 0. The van der Waals surface area contributed by atoms with Crippen molar-refractivity contribution in [2.45, 2.75) is 78.4 Å². The van der Waals surface area contributed by atoms with Gasteiger partial charge in [0.15, 0.2) is 9.04 Å². The lowest BCUT2D eigenvalue weighted by Crippen LogP contribution is -2.41. The van der Waals surface area contributed by atoms with E-state index in [1.807, 2.05) is 6.20 Å². The number of pyridine rings is 1. The van der Waals surface area contributed by atoms with Crippen molar-refractivity contribution in [3.05, 3.63) is 23.5 Å². The predicted octanol–water partition coefficient (Wildman–Crippen LogP) is 2.92. The highest BCUT2D eigenvalue weighted by Crippen LogP contribution is 2.36. The van der Waals surface area contributed by atoms with Gasteiger partial charge in [-0.2, -0.15) is 0 Å². The van der Waals surface area contributed by atoms with Gasteiger partial charge in [-0.1, -0.05) is 0 Å². The zero-order valence-electron chi connectivity index (χ0n) is 16.0. The van der Waals surface area contributed by atoms with Gasteiger partial charge in [-0.05, 0) is 73.2 Å². The first-order chi connectivity index (χ1) is 10.4. The average Bonchev–Trinajstić information content (AvgIpc) is 2.56. The number of aromatic nitrogens is 1. The predicted molar refractivity (Wildman–Crippen MR) is 97.7 cm³/mol. The molecule has 0 saturated carbocycles. The second-order valence-electron chi connectivity index (χ2n) is 8.19. The van der Waals surface area contributed by atoms with E-state index in [1.165, 1.54) is 0 Å². The summed E-state index contributed by atoms with van der Waals surface area (Å²) in [4.78, 5) is 4.64. The first kappa shape index (κ1) is 18.6. The molecule has 0 spiro atoms. The van der Waals surface area contributed by atoms with Gasteiger partial charge in [0.1, 0.15) is 0 Å². The molecular weight excluding hydrogens is 305 g/mol. The fourth-order valence-electron chi connectivity index (χ4n) is 2.76. The van der Waals surface area contributed by atoms with Crippen LogP contribution in [0.1, 0.15) is 52.8 Å². The summed E-state index contributed by atoms with van der Waals surface area (Å²) in [5.41, 5.74) is 2.03. The Morgan fingerprint density at radius 1 is 1.13 bits per heavy atom. The van der Waals surface area contributed by atoms with Crippen molar-refractivity contribution < 1.29 is 13.7 Å². The summed E-state index contributed by atoms with van der Waals surface area (Å²) in [6.07, 6.45) is 1.87. The maximum Gasteiger partial charge on any atom is 0.496 e. The van der Waals surface area contributed by atoms with Gasteiger partial charge >= 0.3 is 7.12 Å². The molecule has 1 aromatic rings. The molecular formula is C17H30BNO3Si. The Hall–Kier alpha value is -0.688. The third kappa shape index (κ3) is 3.71. The maximum absolute atomic E-state index is 6.13. The monoisotopic (exact) mass is 335 g/mol. The lowest BCUT2D eigenvalue weighted by atomic mass is 9.77. The zero-order chi connectivity index (χ0) is 17.6. The molecule has 1 aliphatic rings. The third-order valence-corrected chi connectivity index (χ3v) is 5.87. The summed E-state index contributed by atoms with van der Waals surface area (Å²) in [5.74, 6) is 0. The molecule has 4 nitrogen and oxygen atoms in total. The van der Waals surface area contributed by atoms with E-state index in [2.05, 4.69) is 72.6 Å². The maximum atomic E-state index is 6.13. The SMILES string of the molecule is Cc1cc(C(C)(C)O[SiH](C)C)ncc1B1OC(C)(C)C(C)(C)O1. The first-order valence-corrected chi connectivity index (χ1v) is 11.1. The van der Waals surface area contributed by atoms with Crippen molar-refractivity contribution in [1.82, 2.24) is 4.98 Å². The van der Waals surface area contributed by atoms with Gasteiger partial charge in [-0.25, -0.2) is 0 Å². The van der Waals surface area contributed by atoms with E-state index in [-0.39, 0.29) is 23.9 Å². The van der Waals surface area contributed by atoms with E-state index in [9.17, 15) is 0 Å². The fraction of sp³-hybridized carbons (Fsp3) is 0.706. The summed E-state index contributed by atoms with van der Waals surface area (Å²) in [6, 6.07) is 2.09. The minimum atomic E-state index is -1.14. The second kappa shape index (κ2) is 5.99. The Morgan fingerprint density at radius 3 is 2.09 bits per heavy atom. The highest BCUT2D eigenvalue weighted by atomic mass is 28.3. The number of nitrogens with zero attached hydrogens (tertiary/aromatic N) is 1. The normalized spacial score (nSPS) is 20.3. The van der Waals surface area contributed by atoms with Crippen LogP contribution in [0.3, 0.4) is 0 Å². The van der Waals surface area contributed by atoms with Crippen LogP contribution in [0.25, 0.3) is 0 Å². The largest absolute Gasteiger partial charge is 0.496 e. The van der Waals surface area contributed by atoms with Gasteiger partial charge in [0.25, 0.3) is 0 Å². The molecule has 6 heteroatoms. The van der Waals surface area contributed by atoms with E-state index in [0.29, 0.717) is 0 Å². The van der Waals surface area contributed by atoms with Gasteiger partial charge in [0.2, 0.25) is 0 Å². The minimum Gasteiger partial charge on any atom is -0.410 e. The van der Waals surface area contributed by atoms with Gasteiger partial charge in [-0.15, -0.1) is 0 Å². The fourth-order valence-corrected chi connectivity index (χ4v) is 4.06. The molecule has 0 atom stereocenters. The molecule has 0 amide bonds. The van der Waals surface area contributed by atoms with E-state index in [0.717, 1.165) is 16.7 Å². The van der Waals surface area contributed by atoms with Crippen molar-refractivity contribution in [2.24, 2.45) is 0 Å². The highest BCUT2D eigenvalue weighted by Gasteiger charge is 2.52. The van der Waals surface area contributed by atoms with Crippen molar-refractivity contribution in [3.63, 3.8) is 0 Å². The standard InChI is InChI=1S/C17H30BNO3Si/c1-12-10-14(15(2,3)22-23(8)9)19-11-13(12)18-20-16(4,5)17(6,7)21-18/h10-11,23H,1-9H3. The number of aryl methyl sites for hydroxylation is 1. The lowest BCUT2D eigenvalue weighted by molar-refractivity contribution is 0.00578. The van der Waals surface area contributed by atoms with Crippen LogP contribution >= 0.6 is 0 Å². The molecule has 128 valence electrons. The van der Waals surface area contributed by atoms with E-state index >= 15 is 0 Å². The van der Waals surface area contributed by atoms with Gasteiger partial charge < -0.3 is 13.7 Å². The van der Waals surface area contributed by atoms with E-state index in [1.54, 1.807) is 0 Å². The zero-order valence-corrected chi connectivity index (χ0v) is 17.1. The first-order valence-electron chi connectivity index (χ1n) is 8.36. The lowest BCUT2D eigenvalue weighted by Gasteiger charge is -2.32. The minimum absolute atomic E-state index is 0.339. The molecule has 0 unspecified atom stereocenters. The van der Waals surface area contributed by atoms with Crippen LogP contribution in [0.5, 0.6) is 0 Å². The van der Waals surface area contributed by atoms with Crippen molar-refractivity contribution in [2.75, 3.05) is 0 Å². The van der Waals surface area contributed by atoms with Crippen LogP contribution < -0.4 is 5.46 Å². The van der Waals surface area contributed by atoms with Crippen LogP contribution in [-0.4, -0.2) is 32.3 Å². The summed E-state index contributed by atoms with van der Waals surface area (Å²) >= 11 is 0. The van der Waals surface area contributed by atoms with E-state index in [4.69, 9.17) is 13.7 Å². The second-order valence-corrected chi connectivity index (χ2v) is 10.5. The third-order valence-electron chi connectivity index (χ3n) is 4.81. The molecule has 2 heterocycles. The average molecular weight is 335 g/mol. The van der Waals surface area contributed by atoms with Crippen LogP contribution in [0.4, 0.5) is 0 Å². The molecule has 0 aliphatic carbocycles. The van der Waals surface area contributed by atoms with Crippen LogP contribution in [-0.2, 0) is 19.3 Å². The Morgan fingerprint density at radius 2 is 1.65 bits per heavy atom. The van der Waals surface area contributed by atoms with Crippen molar-refractivity contribution in [1.29, 1.82) is 0 Å². The molecule has 1 fully saturated rings. The van der Waals surface area contributed by atoms with Crippen LogP contribution in [0, 0.1) is 6.92 Å². The Labute approximate surface area is 142 Å². The number of rotatable bonds is 4. The summed E-state index contributed by atoms with van der Waals surface area (Å²) in [7, 11) is -1.51. The smallest absolute Gasteiger partial charge is 0.410 e. The summed E-state index contributed by atoms with van der Waals surface area (Å²) in [6.45, 7) is 18.8. The molecule has 0 bridgehead atoms. The Kier molecular flexibility index (Phi) is 4.86. The molecule has 0 N–H and O–H groups in total. The highest BCUT2D eigenvalue weighted by molar-refractivity contribution is 6.62. The van der Waals surface area contributed by atoms with Gasteiger partial charge in [-0.3, -0.25) is 4.98 Å². The summed E-state index contributed by atoms with van der Waals surface area (Å²) in [5, 5.41) is 0. The molecule has 1 aromatic heterocycles. The molecule has 1 saturated heterocycles. The van der Waals surface area contributed by atoms with E-state index < -0.39 is 9.04 Å². The van der Waals surface area contributed by atoms with Gasteiger partial charge in [0.05, 0.1) is 22.5 Å². The van der Waals surface area contributed by atoms with Crippen molar-refractivity contribution in [3.8, 4) is 0 Å². The summed E-state index contributed by atoms with van der Waals surface area (Å²) < 4.78 is 18.4. The Bertz CT molecular complexity index is 571. The van der Waals surface area contributed by atoms with Crippen molar-refractivity contribution >= 4 is 21.6 Å². The Balaban J connectivity index is 2.28. The molecule has 0 aromatic carbocycles. The molecule has 1 aliphatic heterocycles. The molecule has 2 rings (SSSR count). The molecule has 0 radical (unpaired) electrons. The van der Waals surface area contributed by atoms with Crippen LogP contribution in [0.2, 0.25) is 13.1 Å². The van der Waals surface area contributed by atoms with Crippen LogP contribution in [0.15, 0.2) is 12.3 Å². The van der Waals surface area contributed by atoms with Gasteiger partial charge in [0, 0.05) is 11.7 Å². The molecule has 23 heavy (non-hydrogen) atoms.